The Bertz CT molecular complexity index is 1400. The van der Waals surface area contributed by atoms with E-state index in [9.17, 15) is 19.4 Å². The van der Waals surface area contributed by atoms with Gasteiger partial charge in [0, 0.05) is 31.8 Å². The van der Waals surface area contributed by atoms with Gasteiger partial charge in [0.15, 0.2) is 0 Å². The molecule has 3 aliphatic rings. The lowest BCUT2D eigenvalue weighted by Gasteiger charge is -2.35. The first-order valence-corrected chi connectivity index (χ1v) is 13.8. The molecule has 0 saturated heterocycles. The second kappa shape index (κ2) is 9.60. The molecule has 1 aromatic carbocycles. The Morgan fingerprint density at radius 1 is 1.21 bits per heavy atom. The Balaban J connectivity index is 1.13. The van der Waals surface area contributed by atoms with Gasteiger partial charge in [0.2, 0.25) is 5.88 Å². The van der Waals surface area contributed by atoms with Crippen LogP contribution in [0.5, 0.6) is 5.88 Å². The fourth-order valence-corrected chi connectivity index (χ4v) is 6.95. The summed E-state index contributed by atoms with van der Waals surface area (Å²) in [6.45, 7) is 0.211. The molecule has 6 rings (SSSR count). The molecule has 3 N–H and O–H groups in total. The van der Waals surface area contributed by atoms with Gasteiger partial charge in [-0.25, -0.2) is 9.37 Å². The number of amides is 1. The van der Waals surface area contributed by atoms with Gasteiger partial charge in [-0.05, 0) is 75.0 Å². The van der Waals surface area contributed by atoms with Crippen molar-refractivity contribution in [1.82, 2.24) is 19.3 Å². The zero-order valence-corrected chi connectivity index (χ0v) is 22.8. The van der Waals surface area contributed by atoms with Crippen molar-refractivity contribution in [1.29, 1.82) is 0 Å². The van der Waals surface area contributed by atoms with E-state index in [1.807, 2.05) is 7.05 Å². The summed E-state index contributed by atoms with van der Waals surface area (Å²) in [5, 5.41) is 29.2. The lowest BCUT2D eigenvalue weighted by atomic mass is 9.81. The predicted molar refractivity (Wildman–Crippen MR) is 142 cm³/mol. The van der Waals surface area contributed by atoms with E-state index in [1.54, 1.807) is 28.7 Å². The molecule has 0 spiro atoms. The van der Waals surface area contributed by atoms with Crippen molar-refractivity contribution in [3.8, 4) is 5.88 Å². The van der Waals surface area contributed by atoms with Gasteiger partial charge in [0.25, 0.3) is 5.91 Å². The molecule has 39 heavy (non-hydrogen) atoms. The van der Waals surface area contributed by atoms with Crippen LogP contribution in [0.15, 0.2) is 30.6 Å². The molecule has 2 atom stereocenters. The number of halogens is 2. The molecular weight excluding hydrogens is 525 g/mol. The molecule has 2 aromatic heterocycles. The highest BCUT2D eigenvalue weighted by Gasteiger charge is 2.52. The average Bonchev–Trinajstić information content (AvgIpc) is 3.60. The quantitative estimate of drug-likeness (QED) is 0.399. The van der Waals surface area contributed by atoms with Gasteiger partial charge in [-0.3, -0.25) is 9.48 Å². The Morgan fingerprint density at radius 3 is 2.56 bits per heavy atom. The van der Waals surface area contributed by atoms with Crippen LogP contribution in [-0.2, 0) is 19.7 Å². The SMILES string of the molecule is Cn1cnc(C2CC3CC(O)(c4cc(OCC5(O)CCC5)nn4C)CC3C2)c1C(=O)Nc1ccc(F)c(Cl)c1. The number of aryl methyl sites for hydroxylation is 2. The van der Waals surface area contributed by atoms with Crippen LogP contribution in [-0.4, -0.2) is 47.7 Å². The highest BCUT2D eigenvalue weighted by Crippen LogP contribution is 2.57. The van der Waals surface area contributed by atoms with Crippen molar-refractivity contribution >= 4 is 23.2 Å². The van der Waals surface area contributed by atoms with Crippen LogP contribution in [0.4, 0.5) is 10.1 Å². The summed E-state index contributed by atoms with van der Waals surface area (Å²) < 4.78 is 22.7. The number of carbonyl (C=O) groups is 1. The third-order valence-electron chi connectivity index (χ3n) is 8.89. The van der Waals surface area contributed by atoms with E-state index in [1.165, 1.54) is 18.2 Å². The van der Waals surface area contributed by atoms with E-state index in [0.29, 0.717) is 30.1 Å². The largest absolute Gasteiger partial charge is 0.474 e. The molecule has 208 valence electrons. The van der Waals surface area contributed by atoms with Gasteiger partial charge in [-0.1, -0.05) is 11.6 Å². The molecule has 2 unspecified atom stereocenters. The van der Waals surface area contributed by atoms with Crippen molar-refractivity contribution in [2.45, 2.75) is 62.1 Å². The molecule has 3 saturated carbocycles. The number of nitrogens with zero attached hydrogens (tertiary/aromatic N) is 4. The summed E-state index contributed by atoms with van der Waals surface area (Å²) in [5.74, 6) is 0.206. The second-order valence-electron chi connectivity index (χ2n) is 11.7. The predicted octanol–water partition coefficient (Wildman–Crippen LogP) is 4.28. The van der Waals surface area contributed by atoms with Gasteiger partial charge < -0.3 is 24.8 Å². The number of aliphatic hydroxyl groups is 2. The van der Waals surface area contributed by atoms with Crippen LogP contribution in [0.3, 0.4) is 0 Å². The maximum Gasteiger partial charge on any atom is 0.274 e. The first-order valence-electron chi connectivity index (χ1n) is 13.4. The van der Waals surface area contributed by atoms with Gasteiger partial charge in [0.05, 0.1) is 28.3 Å². The van der Waals surface area contributed by atoms with Crippen LogP contribution in [0.1, 0.15) is 72.7 Å². The summed E-state index contributed by atoms with van der Waals surface area (Å²) in [4.78, 5) is 17.8. The Labute approximate surface area is 230 Å². The van der Waals surface area contributed by atoms with Crippen LogP contribution in [0.25, 0.3) is 0 Å². The molecule has 11 heteroatoms. The molecule has 3 aliphatic carbocycles. The summed E-state index contributed by atoms with van der Waals surface area (Å²) in [6.07, 6.45) is 6.96. The van der Waals surface area contributed by atoms with Gasteiger partial charge in [-0.2, -0.15) is 0 Å². The third-order valence-corrected chi connectivity index (χ3v) is 9.18. The fourth-order valence-electron chi connectivity index (χ4n) is 6.77. The lowest BCUT2D eigenvalue weighted by Crippen LogP contribution is -2.42. The number of benzene rings is 1. The standard InChI is InChI=1S/C28H33ClFN5O4/c1-34-15-31-24(25(34)26(36)32-19-4-5-21(30)20(29)10-19)16-8-17-12-28(38,13-18(17)9-16)22-11-23(33-35(22)2)39-14-27(37)6-3-7-27/h4-5,10-11,15-18,37-38H,3,6-9,12-14H2,1-2H3,(H,32,36). The molecule has 0 radical (unpaired) electrons. The maximum atomic E-state index is 13.5. The Morgan fingerprint density at radius 2 is 1.92 bits per heavy atom. The van der Waals surface area contributed by atoms with Crippen LogP contribution in [0, 0.1) is 17.7 Å². The molecular formula is C28H33ClFN5O4. The number of nitrogens with one attached hydrogen (secondary N) is 1. The fraction of sp³-hybridized carbons (Fsp3) is 0.536. The minimum atomic E-state index is -1.01. The van der Waals surface area contributed by atoms with Crippen molar-refractivity contribution in [2.75, 3.05) is 11.9 Å². The topological polar surface area (TPSA) is 114 Å². The van der Waals surface area contributed by atoms with E-state index < -0.39 is 17.0 Å². The number of aromatic nitrogens is 4. The number of rotatable bonds is 7. The number of anilines is 1. The second-order valence-corrected chi connectivity index (χ2v) is 12.1. The van der Waals surface area contributed by atoms with E-state index in [0.717, 1.165) is 43.5 Å². The minimum Gasteiger partial charge on any atom is -0.474 e. The molecule has 0 aliphatic heterocycles. The van der Waals surface area contributed by atoms with E-state index in [-0.39, 0.29) is 35.3 Å². The highest BCUT2D eigenvalue weighted by atomic mass is 35.5. The van der Waals surface area contributed by atoms with E-state index in [2.05, 4.69) is 15.4 Å². The first kappa shape index (κ1) is 26.3. The van der Waals surface area contributed by atoms with Crippen LogP contribution in [0.2, 0.25) is 5.02 Å². The number of hydrogen-bond donors (Lipinski definition) is 3. The number of carbonyl (C=O) groups excluding carboxylic acids is 1. The smallest absolute Gasteiger partial charge is 0.274 e. The maximum absolute atomic E-state index is 13.5. The summed E-state index contributed by atoms with van der Waals surface area (Å²) in [5.41, 5.74) is 0.571. The molecule has 0 bridgehead atoms. The van der Waals surface area contributed by atoms with Gasteiger partial charge in [0.1, 0.15) is 23.7 Å². The monoisotopic (exact) mass is 557 g/mol. The zero-order valence-electron chi connectivity index (χ0n) is 22.0. The number of ether oxygens (including phenoxy) is 1. The van der Waals surface area contributed by atoms with Crippen molar-refractivity contribution in [2.24, 2.45) is 25.9 Å². The summed E-state index contributed by atoms with van der Waals surface area (Å²) in [7, 11) is 3.59. The number of hydrogen-bond acceptors (Lipinski definition) is 6. The van der Waals surface area contributed by atoms with Crippen LogP contribution >= 0.6 is 11.6 Å². The van der Waals surface area contributed by atoms with E-state index in [4.69, 9.17) is 16.3 Å². The Hall–Kier alpha value is -2.95. The summed E-state index contributed by atoms with van der Waals surface area (Å²) >= 11 is 5.88. The van der Waals surface area contributed by atoms with Gasteiger partial charge in [-0.15, -0.1) is 5.10 Å². The van der Waals surface area contributed by atoms with E-state index >= 15 is 0 Å². The number of imidazole rings is 1. The van der Waals surface area contributed by atoms with Gasteiger partial charge >= 0.3 is 0 Å². The lowest BCUT2D eigenvalue weighted by molar-refractivity contribution is -0.0673. The number of fused-ring (bicyclic) bond motifs is 1. The molecule has 2 heterocycles. The third kappa shape index (κ3) is 4.83. The molecule has 3 fully saturated rings. The average molecular weight is 558 g/mol. The van der Waals surface area contributed by atoms with Crippen LogP contribution < -0.4 is 10.1 Å². The minimum absolute atomic E-state index is 0.0584. The molecule has 1 amide bonds. The molecule has 3 aromatic rings. The van der Waals surface area contributed by atoms with Crippen molar-refractivity contribution in [3.05, 3.63) is 58.5 Å². The molecule has 9 nitrogen and oxygen atoms in total. The van der Waals surface area contributed by atoms with Crippen molar-refractivity contribution in [3.63, 3.8) is 0 Å². The zero-order chi connectivity index (χ0) is 27.5. The van der Waals surface area contributed by atoms with Crippen molar-refractivity contribution < 1.29 is 24.1 Å². The normalized spacial score (nSPS) is 27.3. The highest BCUT2D eigenvalue weighted by molar-refractivity contribution is 6.31. The first-order chi connectivity index (χ1) is 18.5. The summed E-state index contributed by atoms with van der Waals surface area (Å²) in [6, 6.07) is 5.87. The Kier molecular flexibility index (Phi) is 6.47.